The molecule has 0 aromatic carbocycles. The van der Waals surface area contributed by atoms with Crippen molar-refractivity contribution in [3.05, 3.63) is 18.5 Å². The molecular formula is C11H14N6O. The third-order valence-corrected chi connectivity index (χ3v) is 3.21. The number of aliphatic hydroxyl groups is 1. The lowest BCUT2D eigenvalue weighted by molar-refractivity contribution is 0.244. The Labute approximate surface area is 103 Å². The second-order valence-electron chi connectivity index (χ2n) is 4.42. The molecular weight excluding hydrogens is 232 g/mol. The molecule has 7 nitrogen and oxygen atoms in total. The van der Waals surface area contributed by atoms with E-state index in [1.165, 1.54) is 0 Å². The summed E-state index contributed by atoms with van der Waals surface area (Å²) in [7, 11) is 0. The van der Waals surface area contributed by atoms with Crippen LogP contribution in [0.5, 0.6) is 0 Å². The van der Waals surface area contributed by atoms with Gasteiger partial charge in [-0.25, -0.2) is 4.98 Å². The summed E-state index contributed by atoms with van der Waals surface area (Å²) in [5.41, 5.74) is 12.6. The van der Waals surface area contributed by atoms with Crippen LogP contribution in [0, 0.1) is 5.92 Å². The van der Waals surface area contributed by atoms with E-state index in [0.29, 0.717) is 11.2 Å². The average Bonchev–Trinajstić information content (AvgIpc) is 2.93. The van der Waals surface area contributed by atoms with Crippen LogP contribution in [0.15, 0.2) is 18.5 Å². The lowest BCUT2D eigenvalue weighted by Gasteiger charge is -2.12. The number of rotatable bonds is 2. The molecule has 5 N–H and O–H groups in total. The van der Waals surface area contributed by atoms with Crippen molar-refractivity contribution in [2.45, 2.75) is 12.5 Å². The Hall–Kier alpha value is -2.15. The predicted octanol–water partition coefficient (Wildman–Crippen LogP) is 0.100. The zero-order valence-corrected chi connectivity index (χ0v) is 9.69. The van der Waals surface area contributed by atoms with Crippen LogP contribution in [-0.2, 0) is 0 Å². The van der Waals surface area contributed by atoms with Gasteiger partial charge in [-0.1, -0.05) is 12.2 Å². The summed E-state index contributed by atoms with van der Waals surface area (Å²) in [5.74, 6) is 0.614. The molecule has 0 saturated carbocycles. The first-order valence-electron chi connectivity index (χ1n) is 5.73. The second kappa shape index (κ2) is 3.95. The van der Waals surface area contributed by atoms with Gasteiger partial charge in [0.05, 0.1) is 12.4 Å². The van der Waals surface area contributed by atoms with E-state index in [0.717, 1.165) is 6.42 Å². The largest absolute Gasteiger partial charge is 0.396 e. The van der Waals surface area contributed by atoms with Crippen LogP contribution in [0.25, 0.3) is 11.2 Å². The summed E-state index contributed by atoms with van der Waals surface area (Å²) in [6, 6.07) is 0.126. The van der Waals surface area contributed by atoms with E-state index >= 15 is 0 Å². The topological polar surface area (TPSA) is 116 Å². The molecule has 94 valence electrons. The maximum absolute atomic E-state index is 9.14. The number of hydrogen-bond donors (Lipinski definition) is 3. The molecule has 0 amide bonds. The summed E-state index contributed by atoms with van der Waals surface area (Å²) >= 11 is 0. The maximum atomic E-state index is 9.14. The van der Waals surface area contributed by atoms with Gasteiger partial charge in [0.1, 0.15) is 5.52 Å². The molecule has 0 bridgehead atoms. The number of aliphatic hydroxyl groups excluding tert-OH is 1. The van der Waals surface area contributed by atoms with Gasteiger partial charge in [0.15, 0.2) is 11.5 Å². The molecule has 0 saturated heterocycles. The minimum absolute atomic E-state index is 0.126. The molecule has 2 aromatic heterocycles. The molecule has 2 atom stereocenters. The van der Waals surface area contributed by atoms with E-state index < -0.39 is 0 Å². The quantitative estimate of drug-likeness (QED) is 0.647. The van der Waals surface area contributed by atoms with Crippen LogP contribution < -0.4 is 11.5 Å². The number of nitrogen functional groups attached to an aromatic ring is 2. The highest BCUT2D eigenvalue weighted by Gasteiger charge is 2.22. The van der Waals surface area contributed by atoms with Crippen molar-refractivity contribution < 1.29 is 5.11 Å². The SMILES string of the molecule is Nc1nc(N)c2ncn([C@@H]3C=C[C@H](CO)C3)c2n1. The summed E-state index contributed by atoms with van der Waals surface area (Å²) in [6.45, 7) is 0.152. The monoisotopic (exact) mass is 246 g/mol. The highest BCUT2D eigenvalue weighted by atomic mass is 16.3. The van der Waals surface area contributed by atoms with Gasteiger partial charge >= 0.3 is 0 Å². The van der Waals surface area contributed by atoms with E-state index in [9.17, 15) is 0 Å². The van der Waals surface area contributed by atoms with Crippen molar-refractivity contribution in [2.24, 2.45) is 5.92 Å². The molecule has 2 heterocycles. The highest BCUT2D eigenvalue weighted by molar-refractivity contribution is 5.82. The molecule has 0 radical (unpaired) electrons. The van der Waals surface area contributed by atoms with Gasteiger partial charge in [-0.05, 0) is 6.42 Å². The van der Waals surface area contributed by atoms with Crippen LogP contribution >= 0.6 is 0 Å². The number of nitrogens with two attached hydrogens (primary N) is 2. The van der Waals surface area contributed by atoms with E-state index in [-0.39, 0.29) is 30.3 Å². The van der Waals surface area contributed by atoms with Crippen molar-refractivity contribution in [1.82, 2.24) is 19.5 Å². The van der Waals surface area contributed by atoms with Crippen molar-refractivity contribution in [3.8, 4) is 0 Å². The first-order valence-corrected chi connectivity index (χ1v) is 5.73. The fourth-order valence-corrected chi connectivity index (χ4v) is 2.29. The molecule has 3 rings (SSSR count). The third-order valence-electron chi connectivity index (χ3n) is 3.21. The fraction of sp³-hybridized carbons (Fsp3) is 0.364. The van der Waals surface area contributed by atoms with Crippen molar-refractivity contribution in [3.63, 3.8) is 0 Å². The number of allylic oxidation sites excluding steroid dienone is 1. The van der Waals surface area contributed by atoms with E-state index in [4.69, 9.17) is 16.6 Å². The van der Waals surface area contributed by atoms with E-state index in [2.05, 4.69) is 15.0 Å². The Kier molecular flexibility index (Phi) is 2.41. The van der Waals surface area contributed by atoms with Crippen molar-refractivity contribution in [1.29, 1.82) is 0 Å². The average molecular weight is 246 g/mol. The molecule has 18 heavy (non-hydrogen) atoms. The molecule has 7 heteroatoms. The number of aromatic nitrogens is 4. The minimum atomic E-state index is 0.126. The zero-order valence-electron chi connectivity index (χ0n) is 9.69. The Morgan fingerprint density at radius 2 is 2.17 bits per heavy atom. The number of nitrogens with zero attached hydrogens (tertiary/aromatic N) is 4. The number of hydrogen-bond acceptors (Lipinski definition) is 6. The van der Waals surface area contributed by atoms with E-state index in [1.807, 2.05) is 16.7 Å². The van der Waals surface area contributed by atoms with Gasteiger partial charge in [-0.15, -0.1) is 0 Å². The van der Waals surface area contributed by atoms with Gasteiger partial charge in [0.25, 0.3) is 0 Å². The molecule has 0 aliphatic heterocycles. The van der Waals surface area contributed by atoms with Crippen LogP contribution in [0.2, 0.25) is 0 Å². The van der Waals surface area contributed by atoms with Crippen molar-refractivity contribution >= 4 is 22.9 Å². The summed E-state index contributed by atoms with van der Waals surface area (Å²) in [5, 5.41) is 9.14. The second-order valence-corrected chi connectivity index (χ2v) is 4.42. The summed E-state index contributed by atoms with van der Waals surface area (Å²) < 4.78 is 1.91. The van der Waals surface area contributed by atoms with Gasteiger partial charge in [-0.2, -0.15) is 9.97 Å². The number of imidazole rings is 1. The molecule has 1 aliphatic carbocycles. The fourth-order valence-electron chi connectivity index (χ4n) is 2.29. The third kappa shape index (κ3) is 1.60. The Morgan fingerprint density at radius 1 is 1.33 bits per heavy atom. The molecule has 0 spiro atoms. The van der Waals surface area contributed by atoms with Gasteiger partial charge < -0.3 is 21.1 Å². The number of anilines is 2. The Balaban J connectivity index is 2.06. The van der Waals surface area contributed by atoms with Crippen LogP contribution in [0.4, 0.5) is 11.8 Å². The normalized spacial score (nSPS) is 22.9. The first kappa shape index (κ1) is 11.0. The highest BCUT2D eigenvalue weighted by Crippen LogP contribution is 2.30. The zero-order chi connectivity index (χ0) is 12.7. The molecule has 1 aliphatic rings. The van der Waals surface area contributed by atoms with Crippen LogP contribution in [-0.4, -0.2) is 31.2 Å². The Bertz CT molecular complexity index is 619. The smallest absolute Gasteiger partial charge is 0.224 e. The lowest BCUT2D eigenvalue weighted by atomic mass is 10.1. The molecule has 0 fully saturated rings. The standard InChI is InChI=1S/C11H14N6O/c12-9-8-10(16-11(13)15-9)17(5-14-8)7-2-1-6(3-7)4-18/h1-2,5-7,18H,3-4H2,(H4,12,13,15,16)/t6-,7+/m0/s1. The molecule has 2 aromatic rings. The van der Waals surface area contributed by atoms with Gasteiger partial charge in [0.2, 0.25) is 5.95 Å². The summed E-state index contributed by atoms with van der Waals surface area (Å²) in [4.78, 5) is 12.3. The van der Waals surface area contributed by atoms with Crippen molar-refractivity contribution in [2.75, 3.05) is 18.1 Å². The molecule has 0 unspecified atom stereocenters. The first-order chi connectivity index (χ1) is 8.69. The van der Waals surface area contributed by atoms with Crippen LogP contribution in [0.1, 0.15) is 12.5 Å². The summed E-state index contributed by atoms with van der Waals surface area (Å²) in [6.07, 6.45) is 6.55. The maximum Gasteiger partial charge on any atom is 0.224 e. The van der Waals surface area contributed by atoms with Crippen LogP contribution in [0.3, 0.4) is 0 Å². The lowest BCUT2D eigenvalue weighted by Crippen LogP contribution is -2.09. The van der Waals surface area contributed by atoms with Gasteiger partial charge in [-0.3, -0.25) is 0 Å². The Morgan fingerprint density at radius 3 is 2.89 bits per heavy atom. The van der Waals surface area contributed by atoms with Gasteiger partial charge in [0, 0.05) is 12.5 Å². The van der Waals surface area contributed by atoms with E-state index in [1.54, 1.807) is 6.33 Å². The predicted molar refractivity (Wildman–Crippen MR) is 67.5 cm³/mol. The number of fused-ring (bicyclic) bond motifs is 1. The minimum Gasteiger partial charge on any atom is -0.396 e.